The van der Waals surface area contributed by atoms with Crippen molar-refractivity contribution in [2.75, 3.05) is 19.6 Å². The number of amides is 1. The molecular weight excluding hydrogens is 216 g/mol. The molecule has 0 spiro atoms. The molecule has 2 N–H and O–H groups in total. The highest BCUT2D eigenvalue weighted by molar-refractivity contribution is 5.68. The molecule has 3 atom stereocenters. The van der Waals surface area contributed by atoms with Crippen LogP contribution in [0.5, 0.6) is 0 Å². The molecule has 0 unspecified atom stereocenters. The first kappa shape index (κ1) is 12.7. The van der Waals surface area contributed by atoms with E-state index in [1.54, 1.807) is 0 Å². The van der Waals surface area contributed by atoms with E-state index in [0.29, 0.717) is 17.8 Å². The first-order chi connectivity index (χ1) is 7.90. The fourth-order valence-corrected chi connectivity index (χ4v) is 3.15. The highest BCUT2D eigenvalue weighted by Crippen LogP contribution is 2.41. The summed E-state index contributed by atoms with van der Waals surface area (Å²) < 4.78 is 5.41. The monoisotopic (exact) mass is 240 g/mol. The Labute approximate surface area is 103 Å². The molecule has 2 rings (SSSR count). The Hall–Kier alpha value is -0.770. The summed E-state index contributed by atoms with van der Waals surface area (Å²) >= 11 is 0. The van der Waals surface area contributed by atoms with E-state index < -0.39 is 5.60 Å². The number of carbonyl (C=O) groups is 1. The van der Waals surface area contributed by atoms with Crippen LogP contribution < -0.4 is 5.73 Å². The lowest BCUT2D eigenvalue weighted by Crippen LogP contribution is -2.36. The standard InChI is InChI=1S/C13H24N2O2/c1-13(2,3)17-12(16)15-7-10-5-4-9(6-14)11(10)8-15/h9-11H,4-8,14H2,1-3H3/t9-,10+,11+/m1/s1. The van der Waals surface area contributed by atoms with E-state index in [1.807, 2.05) is 25.7 Å². The fraction of sp³-hybridized carbons (Fsp3) is 0.923. The summed E-state index contributed by atoms with van der Waals surface area (Å²) in [5.74, 6) is 1.86. The molecule has 1 amide bonds. The summed E-state index contributed by atoms with van der Waals surface area (Å²) in [5.41, 5.74) is 5.38. The number of fused-ring (bicyclic) bond motifs is 1. The second-order valence-electron chi connectivity index (χ2n) is 6.38. The van der Waals surface area contributed by atoms with Gasteiger partial charge in [0.15, 0.2) is 0 Å². The predicted octanol–water partition coefficient (Wildman–Crippen LogP) is 1.84. The molecule has 1 aliphatic carbocycles. The average Bonchev–Trinajstić information content (AvgIpc) is 2.72. The van der Waals surface area contributed by atoms with Crippen LogP contribution in [-0.4, -0.2) is 36.2 Å². The van der Waals surface area contributed by atoms with Crippen LogP contribution >= 0.6 is 0 Å². The van der Waals surface area contributed by atoms with E-state index in [2.05, 4.69) is 0 Å². The Morgan fingerprint density at radius 2 is 2.06 bits per heavy atom. The van der Waals surface area contributed by atoms with Crippen molar-refractivity contribution in [3.8, 4) is 0 Å². The van der Waals surface area contributed by atoms with Gasteiger partial charge in [0, 0.05) is 13.1 Å². The number of nitrogens with zero attached hydrogens (tertiary/aromatic N) is 1. The van der Waals surface area contributed by atoms with Gasteiger partial charge in [0.05, 0.1) is 0 Å². The van der Waals surface area contributed by atoms with Crippen molar-refractivity contribution >= 4 is 6.09 Å². The topological polar surface area (TPSA) is 55.6 Å². The van der Waals surface area contributed by atoms with E-state index in [1.165, 1.54) is 12.8 Å². The van der Waals surface area contributed by atoms with Crippen molar-refractivity contribution in [1.82, 2.24) is 4.90 Å². The highest BCUT2D eigenvalue weighted by atomic mass is 16.6. The maximum Gasteiger partial charge on any atom is 0.410 e. The van der Waals surface area contributed by atoms with Gasteiger partial charge >= 0.3 is 6.09 Å². The fourth-order valence-electron chi connectivity index (χ4n) is 3.15. The smallest absolute Gasteiger partial charge is 0.410 e. The lowest BCUT2D eigenvalue weighted by Gasteiger charge is -2.25. The molecule has 0 aromatic carbocycles. The maximum atomic E-state index is 12.0. The number of rotatable bonds is 1. The van der Waals surface area contributed by atoms with Crippen LogP contribution in [-0.2, 0) is 4.74 Å². The third kappa shape index (κ3) is 2.73. The summed E-state index contributed by atoms with van der Waals surface area (Å²) in [5, 5.41) is 0. The zero-order valence-corrected chi connectivity index (χ0v) is 11.1. The van der Waals surface area contributed by atoms with Gasteiger partial charge in [-0.25, -0.2) is 4.79 Å². The Morgan fingerprint density at radius 1 is 1.35 bits per heavy atom. The van der Waals surface area contributed by atoms with Gasteiger partial charge < -0.3 is 15.4 Å². The first-order valence-electron chi connectivity index (χ1n) is 6.58. The van der Waals surface area contributed by atoms with Gasteiger partial charge in [-0.05, 0) is 57.9 Å². The Balaban J connectivity index is 1.92. The summed E-state index contributed by atoms with van der Waals surface area (Å²) in [7, 11) is 0. The molecule has 0 bridgehead atoms. The maximum absolute atomic E-state index is 12.0. The van der Waals surface area contributed by atoms with Crippen molar-refractivity contribution in [2.24, 2.45) is 23.5 Å². The molecule has 0 radical (unpaired) electrons. The first-order valence-corrected chi connectivity index (χ1v) is 6.58. The zero-order valence-electron chi connectivity index (χ0n) is 11.1. The zero-order chi connectivity index (χ0) is 12.6. The minimum absolute atomic E-state index is 0.164. The minimum atomic E-state index is -0.401. The van der Waals surface area contributed by atoms with Crippen LogP contribution in [0, 0.1) is 17.8 Å². The van der Waals surface area contributed by atoms with Crippen molar-refractivity contribution in [2.45, 2.75) is 39.2 Å². The van der Waals surface area contributed by atoms with Gasteiger partial charge in [-0.3, -0.25) is 0 Å². The molecule has 0 aromatic heterocycles. The Bertz CT molecular complexity index is 298. The number of hydrogen-bond donors (Lipinski definition) is 1. The van der Waals surface area contributed by atoms with Crippen LogP contribution in [0.4, 0.5) is 4.79 Å². The third-order valence-electron chi connectivity index (χ3n) is 3.96. The predicted molar refractivity (Wildman–Crippen MR) is 66.6 cm³/mol. The van der Waals surface area contributed by atoms with E-state index >= 15 is 0 Å². The molecule has 17 heavy (non-hydrogen) atoms. The van der Waals surface area contributed by atoms with Gasteiger partial charge in [0.25, 0.3) is 0 Å². The molecule has 98 valence electrons. The number of carbonyl (C=O) groups excluding carboxylic acids is 1. The molecule has 2 fully saturated rings. The molecule has 0 aromatic rings. The van der Waals surface area contributed by atoms with Gasteiger partial charge in [-0.1, -0.05) is 0 Å². The normalized spacial score (nSPS) is 32.7. The van der Waals surface area contributed by atoms with Crippen molar-refractivity contribution in [3.05, 3.63) is 0 Å². The molecule has 1 saturated heterocycles. The van der Waals surface area contributed by atoms with Crippen LogP contribution in [0.15, 0.2) is 0 Å². The number of nitrogens with two attached hydrogens (primary N) is 1. The Morgan fingerprint density at radius 3 is 2.65 bits per heavy atom. The molecule has 4 nitrogen and oxygen atoms in total. The summed E-state index contributed by atoms with van der Waals surface area (Å²) in [6, 6.07) is 0. The summed E-state index contributed by atoms with van der Waals surface area (Å²) in [4.78, 5) is 13.8. The van der Waals surface area contributed by atoms with E-state index in [-0.39, 0.29) is 6.09 Å². The molecular formula is C13H24N2O2. The summed E-state index contributed by atoms with van der Waals surface area (Å²) in [6.07, 6.45) is 2.28. The highest BCUT2D eigenvalue weighted by Gasteiger charge is 2.44. The average molecular weight is 240 g/mol. The van der Waals surface area contributed by atoms with Crippen LogP contribution in [0.25, 0.3) is 0 Å². The number of likely N-dealkylation sites (tertiary alicyclic amines) is 1. The molecule has 1 aliphatic heterocycles. The van der Waals surface area contributed by atoms with E-state index in [0.717, 1.165) is 19.6 Å². The lowest BCUT2D eigenvalue weighted by atomic mass is 9.93. The number of hydrogen-bond acceptors (Lipinski definition) is 3. The molecule has 4 heteroatoms. The number of ether oxygens (including phenoxy) is 1. The second kappa shape index (κ2) is 4.48. The van der Waals surface area contributed by atoms with E-state index in [9.17, 15) is 4.79 Å². The van der Waals surface area contributed by atoms with Gasteiger partial charge in [-0.2, -0.15) is 0 Å². The summed E-state index contributed by atoms with van der Waals surface area (Å²) in [6.45, 7) is 8.17. The molecule has 2 aliphatic rings. The van der Waals surface area contributed by atoms with Crippen molar-refractivity contribution in [1.29, 1.82) is 0 Å². The van der Waals surface area contributed by atoms with Crippen LogP contribution in [0.1, 0.15) is 33.6 Å². The minimum Gasteiger partial charge on any atom is -0.444 e. The van der Waals surface area contributed by atoms with Crippen molar-refractivity contribution < 1.29 is 9.53 Å². The third-order valence-corrected chi connectivity index (χ3v) is 3.96. The lowest BCUT2D eigenvalue weighted by molar-refractivity contribution is 0.0276. The Kier molecular flexibility index (Phi) is 3.34. The largest absolute Gasteiger partial charge is 0.444 e. The SMILES string of the molecule is CC(C)(C)OC(=O)N1C[C@@H]2CC[C@H](CN)[C@@H]2C1. The van der Waals surface area contributed by atoms with E-state index in [4.69, 9.17) is 10.5 Å². The van der Waals surface area contributed by atoms with Crippen LogP contribution in [0.2, 0.25) is 0 Å². The molecule has 1 heterocycles. The second-order valence-corrected chi connectivity index (χ2v) is 6.38. The quantitative estimate of drug-likeness (QED) is 0.761. The van der Waals surface area contributed by atoms with Crippen LogP contribution in [0.3, 0.4) is 0 Å². The van der Waals surface area contributed by atoms with Gasteiger partial charge in [-0.15, -0.1) is 0 Å². The van der Waals surface area contributed by atoms with Crippen molar-refractivity contribution in [3.63, 3.8) is 0 Å². The van der Waals surface area contributed by atoms with Gasteiger partial charge in [0.2, 0.25) is 0 Å². The molecule has 1 saturated carbocycles. The van der Waals surface area contributed by atoms with Gasteiger partial charge in [0.1, 0.15) is 5.60 Å².